The molecule has 0 amide bonds. The molecular formula is C30H26S. The zero-order valence-corrected chi connectivity index (χ0v) is 18.2. The summed E-state index contributed by atoms with van der Waals surface area (Å²) in [7, 11) is 0. The summed E-state index contributed by atoms with van der Waals surface area (Å²) in [6.07, 6.45) is 9.10. The van der Waals surface area contributed by atoms with E-state index in [1.54, 1.807) is 0 Å². The molecule has 0 saturated carbocycles. The summed E-state index contributed by atoms with van der Waals surface area (Å²) >= 11 is 1.96. The molecule has 0 spiro atoms. The van der Waals surface area contributed by atoms with Gasteiger partial charge in [0.15, 0.2) is 0 Å². The second-order valence-corrected chi connectivity index (χ2v) is 8.63. The van der Waals surface area contributed by atoms with Crippen LogP contribution < -0.4 is 0 Å². The lowest BCUT2D eigenvalue weighted by Gasteiger charge is -2.20. The molecule has 0 saturated heterocycles. The average Bonchev–Trinajstić information content (AvgIpc) is 2.86. The van der Waals surface area contributed by atoms with E-state index in [-0.39, 0.29) is 10.5 Å². The number of thioether (sulfide) groups is 1. The summed E-state index contributed by atoms with van der Waals surface area (Å²) in [6, 6.07) is 42.5. The highest BCUT2D eigenvalue weighted by molar-refractivity contribution is 8.00. The number of rotatable bonds is 8. The Hall–Kier alpha value is -3.29. The predicted octanol–water partition coefficient (Wildman–Crippen LogP) is 8.63. The SMILES string of the molecule is C(=C\C(SC(/C=C/c1ccccc1)c1ccccc1)c1ccccc1)/c1ccccc1. The Morgan fingerprint density at radius 3 is 1.10 bits per heavy atom. The fourth-order valence-electron chi connectivity index (χ4n) is 3.44. The van der Waals surface area contributed by atoms with Crippen LogP contribution in [0.1, 0.15) is 32.8 Å². The maximum atomic E-state index is 2.32. The van der Waals surface area contributed by atoms with Gasteiger partial charge in [0, 0.05) is 10.5 Å². The normalized spacial score (nSPS) is 13.4. The molecule has 0 aliphatic heterocycles. The van der Waals surface area contributed by atoms with Crippen LogP contribution in [-0.4, -0.2) is 0 Å². The quantitative estimate of drug-likeness (QED) is 0.276. The summed E-state index contributed by atoms with van der Waals surface area (Å²) in [6.45, 7) is 0. The predicted molar refractivity (Wildman–Crippen MR) is 137 cm³/mol. The molecule has 0 aromatic heterocycles. The van der Waals surface area contributed by atoms with Crippen molar-refractivity contribution in [1.29, 1.82) is 0 Å². The first-order valence-corrected chi connectivity index (χ1v) is 11.5. The molecule has 31 heavy (non-hydrogen) atoms. The van der Waals surface area contributed by atoms with Crippen LogP contribution in [0.15, 0.2) is 133 Å². The van der Waals surface area contributed by atoms with Crippen LogP contribution in [0.2, 0.25) is 0 Å². The van der Waals surface area contributed by atoms with Crippen molar-refractivity contribution in [3.8, 4) is 0 Å². The van der Waals surface area contributed by atoms with Gasteiger partial charge in [0.05, 0.1) is 0 Å². The van der Waals surface area contributed by atoms with E-state index in [1.165, 1.54) is 22.3 Å². The zero-order chi connectivity index (χ0) is 21.1. The highest BCUT2D eigenvalue weighted by atomic mass is 32.2. The maximum absolute atomic E-state index is 2.32. The van der Waals surface area contributed by atoms with Crippen LogP contribution in [0.25, 0.3) is 12.2 Å². The number of hydrogen-bond acceptors (Lipinski definition) is 1. The fourth-order valence-corrected chi connectivity index (χ4v) is 4.72. The van der Waals surface area contributed by atoms with Gasteiger partial charge in [-0.1, -0.05) is 146 Å². The molecule has 0 fully saturated rings. The third-order valence-electron chi connectivity index (χ3n) is 5.08. The molecule has 2 atom stereocenters. The van der Waals surface area contributed by atoms with Crippen molar-refractivity contribution in [3.05, 3.63) is 156 Å². The van der Waals surface area contributed by atoms with E-state index in [4.69, 9.17) is 0 Å². The molecule has 2 unspecified atom stereocenters. The Kier molecular flexibility index (Phi) is 7.57. The summed E-state index contributed by atoms with van der Waals surface area (Å²) in [5.74, 6) is 0. The van der Waals surface area contributed by atoms with E-state index in [9.17, 15) is 0 Å². The van der Waals surface area contributed by atoms with Gasteiger partial charge in [-0.15, -0.1) is 11.8 Å². The highest BCUT2D eigenvalue weighted by Crippen LogP contribution is 2.42. The Bertz CT molecular complexity index is 993. The molecule has 0 nitrogen and oxygen atoms in total. The lowest BCUT2D eigenvalue weighted by molar-refractivity contribution is 1.17. The highest BCUT2D eigenvalue weighted by Gasteiger charge is 2.16. The third-order valence-corrected chi connectivity index (χ3v) is 6.52. The average molecular weight is 419 g/mol. The molecule has 0 aliphatic rings. The van der Waals surface area contributed by atoms with Crippen molar-refractivity contribution >= 4 is 23.9 Å². The Labute approximate surface area is 190 Å². The van der Waals surface area contributed by atoms with Crippen molar-refractivity contribution < 1.29 is 0 Å². The van der Waals surface area contributed by atoms with Crippen LogP contribution in [0, 0.1) is 0 Å². The molecular weight excluding hydrogens is 392 g/mol. The lowest BCUT2D eigenvalue weighted by atomic mass is 10.1. The van der Waals surface area contributed by atoms with E-state index >= 15 is 0 Å². The Morgan fingerprint density at radius 2 is 0.742 bits per heavy atom. The summed E-state index contributed by atoms with van der Waals surface area (Å²) in [5.41, 5.74) is 5.07. The summed E-state index contributed by atoms with van der Waals surface area (Å²) in [5, 5.41) is 0.485. The molecule has 0 aliphatic carbocycles. The van der Waals surface area contributed by atoms with Crippen LogP contribution in [0.4, 0.5) is 0 Å². The first kappa shape index (κ1) is 21.0. The van der Waals surface area contributed by atoms with Gasteiger partial charge in [-0.05, 0) is 22.3 Å². The van der Waals surface area contributed by atoms with Gasteiger partial charge in [0.2, 0.25) is 0 Å². The Morgan fingerprint density at radius 1 is 0.419 bits per heavy atom. The van der Waals surface area contributed by atoms with Crippen molar-refractivity contribution in [2.45, 2.75) is 10.5 Å². The first-order valence-electron chi connectivity index (χ1n) is 10.6. The van der Waals surface area contributed by atoms with Gasteiger partial charge in [-0.25, -0.2) is 0 Å². The molecule has 4 rings (SSSR count). The third kappa shape index (κ3) is 6.34. The van der Waals surface area contributed by atoms with Crippen LogP contribution in [0.5, 0.6) is 0 Å². The van der Waals surface area contributed by atoms with Gasteiger partial charge < -0.3 is 0 Å². The minimum absolute atomic E-state index is 0.243. The largest absolute Gasteiger partial charge is 0.137 e. The lowest BCUT2D eigenvalue weighted by Crippen LogP contribution is -1.97. The standard InChI is InChI=1S/C30H26S/c1-5-13-25(14-6-1)21-23-29(27-17-9-3-10-18-27)31-30(28-19-11-4-12-20-28)24-22-26-15-7-2-8-16-26/h1-24,29-30H/b23-21+,24-22+. The summed E-state index contributed by atoms with van der Waals surface area (Å²) in [4.78, 5) is 0. The van der Waals surface area contributed by atoms with Crippen LogP contribution in [-0.2, 0) is 0 Å². The minimum Gasteiger partial charge on any atom is -0.137 e. The first-order chi connectivity index (χ1) is 15.4. The van der Waals surface area contributed by atoms with Gasteiger partial charge >= 0.3 is 0 Å². The number of hydrogen-bond donors (Lipinski definition) is 0. The molecule has 0 radical (unpaired) electrons. The minimum atomic E-state index is 0.243. The van der Waals surface area contributed by atoms with E-state index < -0.39 is 0 Å². The second kappa shape index (κ2) is 11.2. The zero-order valence-electron chi connectivity index (χ0n) is 17.4. The van der Waals surface area contributed by atoms with E-state index in [0.29, 0.717) is 0 Å². The molecule has 4 aromatic rings. The van der Waals surface area contributed by atoms with Gasteiger partial charge in [-0.2, -0.15) is 0 Å². The number of benzene rings is 4. The molecule has 0 bridgehead atoms. The monoisotopic (exact) mass is 418 g/mol. The van der Waals surface area contributed by atoms with Gasteiger partial charge in [0.1, 0.15) is 0 Å². The van der Waals surface area contributed by atoms with Gasteiger partial charge in [0.25, 0.3) is 0 Å². The van der Waals surface area contributed by atoms with Crippen molar-refractivity contribution in [2.24, 2.45) is 0 Å². The molecule has 1 heteroatoms. The molecule has 152 valence electrons. The fraction of sp³-hybridized carbons (Fsp3) is 0.0667. The topological polar surface area (TPSA) is 0 Å². The van der Waals surface area contributed by atoms with E-state index in [2.05, 4.69) is 146 Å². The van der Waals surface area contributed by atoms with Crippen LogP contribution in [0.3, 0.4) is 0 Å². The van der Waals surface area contributed by atoms with E-state index in [0.717, 1.165) is 0 Å². The second-order valence-electron chi connectivity index (χ2n) is 7.34. The van der Waals surface area contributed by atoms with Crippen LogP contribution >= 0.6 is 11.8 Å². The van der Waals surface area contributed by atoms with E-state index in [1.807, 2.05) is 11.8 Å². The van der Waals surface area contributed by atoms with Gasteiger partial charge in [-0.3, -0.25) is 0 Å². The van der Waals surface area contributed by atoms with Crippen molar-refractivity contribution in [1.82, 2.24) is 0 Å². The molecule has 4 aromatic carbocycles. The molecule has 0 heterocycles. The van der Waals surface area contributed by atoms with Crippen molar-refractivity contribution in [2.75, 3.05) is 0 Å². The smallest absolute Gasteiger partial charge is 0.0489 e. The molecule has 0 N–H and O–H groups in total. The summed E-state index contributed by atoms with van der Waals surface area (Å²) < 4.78 is 0. The maximum Gasteiger partial charge on any atom is 0.0489 e. The Balaban J connectivity index is 1.64. The van der Waals surface area contributed by atoms with Crippen molar-refractivity contribution in [3.63, 3.8) is 0 Å².